The van der Waals surface area contributed by atoms with Crippen LogP contribution in [0.2, 0.25) is 0 Å². The van der Waals surface area contributed by atoms with Gasteiger partial charge in [-0.1, -0.05) is 28.1 Å². The molecule has 2 unspecified atom stereocenters. The molecule has 2 aromatic rings. The van der Waals surface area contributed by atoms with Gasteiger partial charge in [0.1, 0.15) is 6.04 Å². The number of carbonyl (C=O) groups is 1. The molecule has 10 heteroatoms. The molecule has 0 fully saturated rings. The number of alkyl halides is 3. The number of hydrogen-bond donors (Lipinski definition) is 2. The van der Waals surface area contributed by atoms with Gasteiger partial charge in [-0.15, -0.1) is 0 Å². The summed E-state index contributed by atoms with van der Waals surface area (Å²) in [6.07, 6.45) is -4.50. The van der Waals surface area contributed by atoms with Gasteiger partial charge in [0.15, 0.2) is 0 Å². The Hall–Kier alpha value is -2.46. The Bertz CT molecular complexity index is 811. The number of nitrogens with one attached hydrogen (secondary N) is 2. The standard InChI is InChI=1S/C17H15BrF3N3O3/c1-10(24(26)27)15(11-4-8-14(18)9-5-11)22-23-16(25)12-2-6-13(7-3-12)17(19,20)21/h2-10,15,22H,1H3,(H,23,25). The summed E-state index contributed by atoms with van der Waals surface area (Å²) in [4.78, 5) is 22.8. The first kappa shape index (κ1) is 20.8. The van der Waals surface area contributed by atoms with Gasteiger partial charge in [0, 0.05) is 21.9 Å². The average molecular weight is 446 g/mol. The van der Waals surface area contributed by atoms with Gasteiger partial charge < -0.3 is 0 Å². The van der Waals surface area contributed by atoms with Crippen LogP contribution in [0.4, 0.5) is 13.2 Å². The van der Waals surface area contributed by atoms with E-state index < -0.39 is 34.7 Å². The molecule has 2 aromatic carbocycles. The van der Waals surface area contributed by atoms with Gasteiger partial charge in [-0.3, -0.25) is 20.3 Å². The summed E-state index contributed by atoms with van der Waals surface area (Å²) in [5.41, 5.74) is 4.60. The summed E-state index contributed by atoms with van der Waals surface area (Å²) in [5.74, 6) is -0.707. The second kappa shape index (κ2) is 8.49. The molecule has 27 heavy (non-hydrogen) atoms. The van der Waals surface area contributed by atoms with E-state index in [0.717, 1.165) is 28.7 Å². The monoisotopic (exact) mass is 445 g/mol. The highest BCUT2D eigenvalue weighted by Crippen LogP contribution is 2.29. The van der Waals surface area contributed by atoms with E-state index in [1.807, 2.05) is 0 Å². The molecule has 0 aliphatic carbocycles. The number of benzene rings is 2. The van der Waals surface area contributed by atoms with Gasteiger partial charge in [0.25, 0.3) is 5.91 Å². The van der Waals surface area contributed by atoms with Crippen LogP contribution < -0.4 is 10.9 Å². The third-order valence-electron chi connectivity index (χ3n) is 3.86. The van der Waals surface area contributed by atoms with E-state index in [1.54, 1.807) is 24.3 Å². The number of nitro groups is 1. The lowest BCUT2D eigenvalue weighted by Crippen LogP contribution is -2.45. The van der Waals surface area contributed by atoms with Crippen molar-refractivity contribution in [3.8, 4) is 0 Å². The molecule has 2 rings (SSSR count). The van der Waals surface area contributed by atoms with Crippen molar-refractivity contribution >= 4 is 21.8 Å². The Labute approximate surface area is 161 Å². The van der Waals surface area contributed by atoms with Crippen LogP contribution >= 0.6 is 15.9 Å². The number of halogens is 4. The first-order valence-electron chi connectivity index (χ1n) is 7.71. The average Bonchev–Trinajstić information content (AvgIpc) is 2.62. The maximum absolute atomic E-state index is 12.6. The molecule has 0 saturated heterocycles. The zero-order valence-corrected chi connectivity index (χ0v) is 15.5. The molecule has 144 valence electrons. The third kappa shape index (κ3) is 5.51. The summed E-state index contributed by atoms with van der Waals surface area (Å²) in [7, 11) is 0. The lowest BCUT2D eigenvalue weighted by Gasteiger charge is -2.21. The van der Waals surface area contributed by atoms with Crippen LogP contribution in [0.1, 0.15) is 34.5 Å². The minimum Gasteiger partial charge on any atom is -0.287 e. The molecule has 0 aliphatic heterocycles. The Balaban J connectivity index is 2.13. The normalized spacial score (nSPS) is 13.7. The van der Waals surface area contributed by atoms with Gasteiger partial charge >= 0.3 is 6.18 Å². The summed E-state index contributed by atoms with van der Waals surface area (Å²) in [5, 5.41) is 11.2. The second-order valence-electron chi connectivity index (χ2n) is 5.73. The Kier molecular flexibility index (Phi) is 6.55. The summed E-state index contributed by atoms with van der Waals surface area (Å²) >= 11 is 3.27. The molecule has 6 nitrogen and oxygen atoms in total. The van der Waals surface area contributed by atoms with E-state index in [0.29, 0.717) is 5.56 Å². The van der Waals surface area contributed by atoms with Crippen LogP contribution in [0, 0.1) is 10.1 Å². The fraction of sp³-hybridized carbons (Fsp3) is 0.235. The van der Waals surface area contributed by atoms with Gasteiger partial charge in [-0.2, -0.15) is 13.2 Å². The zero-order chi connectivity index (χ0) is 20.2. The molecule has 1 amide bonds. The molecular weight excluding hydrogens is 431 g/mol. The number of hydrogen-bond acceptors (Lipinski definition) is 4. The Morgan fingerprint density at radius 2 is 1.67 bits per heavy atom. The van der Waals surface area contributed by atoms with Crippen LogP contribution in [0.5, 0.6) is 0 Å². The van der Waals surface area contributed by atoms with Crippen molar-refractivity contribution in [2.24, 2.45) is 0 Å². The van der Waals surface area contributed by atoms with Crippen LogP contribution in [0.15, 0.2) is 53.0 Å². The van der Waals surface area contributed by atoms with Crippen molar-refractivity contribution in [1.82, 2.24) is 10.9 Å². The molecule has 0 aliphatic rings. The number of nitrogens with zero attached hydrogens (tertiary/aromatic N) is 1. The summed E-state index contributed by atoms with van der Waals surface area (Å²) in [6.45, 7) is 1.38. The molecule has 2 N–H and O–H groups in total. The molecule has 0 spiro atoms. The van der Waals surface area contributed by atoms with Gasteiger partial charge in [0.05, 0.1) is 5.56 Å². The van der Waals surface area contributed by atoms with E-state index in [2.05, 4.69) is 26.8 Å². The van der Waals surface area contributed by atoms with Gasteiger partial charge in [0.2, 0.25) is 6.04 Å². The Morgan fingerprint density at radius 3 is 2.15 bits per heavy atom. The van der Waals surface area contributed by atoms with Crippen molar-refractivity contribution in [3.63, 3.8) is 0 Å². The predicted octanol–water partition coefficient (Wildman–Crippen LogP) is 4.11. The number of hydrazine groups is 1. The minimum absolute atomic E-state index is 0.0150. The Morgan fingerprint density at radius 1 is 1.11 bits per heavy atom. The lowest BCUT2D eigenvalue weighted by atomic mass is 10.0. The van der Waals surface area contributed by atoms with Crippen molar-refractivity contribution in [3.05, 3.63) is 79.8 Å². The number of carbonyl (C=O) groups excluding carboxylic acids is 1. The zero-order valence-electron chi connectivity index (χ0n) is 14.0. The van der Waals surface area contributed by atoms with Crippen molar-refractivity contribution in [1.29, 1.82) is 0 Å². The van der Waals surface area contributed by atoms with Crippen LogP contribution in [-0.2, 0) is 6.18 Å². The largest absolute Gasteiger partial charge is 0.416 e. The molecular formula is C17H15BrF3N3O3. The van der Waals surface area contributed by atoms with Gasteiger partial charge in [-0.05, 0) is 42.0 Å². The van der Waals surface area contributed by atoms with E-state index >= 15 is 0 Å². The first-order chi connectivity index (χ1) is 12.6. The molecule has 2 atom stereocenters. The molecule has 0 radical (unpaired) electrons. The highest BCUT2D eigenvalue weighted by atomic mass is 79.9. The van der Waals surface area contributed by atoms with Crippen molar-refractivity contribution in [2.45, 2.75) is 25.2 Å². The van der Waals surface area contributed by atoms with Crippen LogP contribution in [0.3, 0.4) is 0 Å². The van der Waals surface area contributed by atoms with Crippen LogP contribution in [-0.4, -0.2) is 16.9 Å². The van der Waals surface area contributed by atoms with E-state index in [1.165, 1.54) is 6.92 Å². The second-order valence-corrected chi connectivity index (χ2v) is 6.64. The predicted molar refractivity (Wildman–Crippen MR) is 95.4 cm³/mol. The summed E-state index contributed by atoms with van der Waals surface area (Å²) < 4.78 is 38.5. The molecule has 0 heterocycles. The highest BCUT2D eigenvalue weighted by molar-refractivity contribution is 9.10. The quantitative estimate of drug-likeness (QED) is 0.517. The maximum atomic E-state index is 12.6. The SMILES string of the molecule is CC(C(NNC(=O)c1ccc(C(F)(F)F)cc1)c1ccc(Br)cc1)[N+](=O)[O-]. The minimum atomic E-state index is -4.50. The van der Waals surface area contributed by atoms with Crippen molar-refractivity contribution < 1.29 is 22.9 Å². The van der Waals surface area contributed by atoms with E-state index in [-0.39, 0.29) is 5.56 Å². The third-order valence-corrected chi connectivity index (χ3v) is 4.39. The number of amides is 1. The first-order valence-corrected chi connectivity index (χ1v) is 8.51. The highest BCUT2D eigenvalue weighted by Gasteiger charge is 2.31. The van der Waals surface area contributed by atoms with E-state index in [4.69, 9.17) is 0 Å². The van der Waals surface area contributed by atoms with Crippen molar-refractivity contribution in [2.75, 3.05) is 0 Å². The lowest BCUT2D eigenvalue weighted by molar-refractivity contribution is -0.523. The topological polar surface area (TPSA) is 84.3 Å². The summed E-state index contributed by atoms with van der Waals surface area (Å²) in [6, 6.07) is 8.46. The van der Waals surface area contributed by atoms with Crippen LogP contribution in [0.25, 0.3) is 0 Å². The fourth-order valence-electron chi connectivity index (χ4n) is 2.30. The molecule has 0 bridgehead atoms. The smallest absolute Gasteiger partial charge is 0.287 e. The number of rotatable bonds is 6. The molecule has 0 saturated carbocycles. The maximum Gasteiger partial charge on any atom is 0.416 e. The molecule has 0 aromatic heterocycles. The fourth-order valence-corrected chi connectivity index (χ4v) is 2.56. The van der Waals surface area contributed by atoms with E-state index in [9.17, 15) is 28.1 Å². The van der Waals surface area contributed by atoms with Gasteiger partial charge in [-0.25, -0.2) is 5.43 Å².